The molecule has 0 aliphatic heterocycles. The second-order valence-corrected chi connectivity index (χ2v) is 6.30. The number of nitrogens with zero attached hydrogens (tertiary/aromatic N) is 1. The van der Waals surface area contributed by atoms with Gasteiger partial charge in [-0.25, -0.2) is 0 Å². The van der Waals surface area contributed by atoms with E-state index < -0.39 is 0 Å². The van der Waals surface area contributed by atoms with Crippen molar-refractivity contribution < 1.29 is 0 Å². The van der Waals surface area contributed by atoms with E-state index >= 15 is 0 Å². The van der Waals surface area contributed by atoms with Gasteiger partial charge in [0.2, 0.25) is 0 Å². The van der Waals surface area contributed by atoms with Crippen molar-refractivity contribution in [1.82, 2.24) is 9.55 Å². The highest BCUT2D eigenvalue weighted by Crippen LogP contribution is 2.26. The van der Waals surface area contributed by atoms with Crippen LogP contribution in [0.3, 0.4) is 0 Å². The maximum Gasteiger partial charge on any atom is 0.178 e. The molecule has 1 N–H and O–H groups in total. The molecule has 3 rings (SSSR count). The Hall–Kier alpha value is -1.39. The van der Waals surface area contributed by atoms with E-state index in [4.69, 9.17) is 12.2 Å². The first kappa shape index (κ1) is 13.6. The number of hydrogen-bond acceptors (Lipinski definition) is 1. The summed E-state index contributed by atoms with van der Waals surface area (Å²) in [5.74, 6) is 0. The highest BCUT2D eigenvalue weighted by Gasteiger charge is 2.13. The number of aryl methyl sites for hydroxylation is 1. The maximum atomic E-state index is 5.51. The van der Waals surface area contributed by atoms with E-state index in [1.165, 1.54) is 11.1 Å². The predicted octanol–water partition coefficient (Wildman–Crippen LogP) is 5.38. The van der Waals surface area contributed by atoms with Crippen molar-refractivity contribution in [2.45, 2.75) is 19.9 Å². The average molecular weight is 347 g/mol. The zero-order valence-electron chi connectivity index (χ0n) is 11.4. The minimum absolute atomic E-state index is 0.200. The van der Waals surface area contributed by atoms with E-state index in [9.17, 15) is 0 Å². The van der Waals surface area contributed by atoms with E-state index in [2.05, 4.69) is 81.8 Å². The summed E-state index contributed by atoms with van der Waals surface area (Å²) in [6.07, 6.45) is 0. The first-order chi connectivity index (χ1) is 9.58. The van der Waals surface area contributed by atoms with Crippen molar-refractivity contribution in [3.05, 3.63) is 62.8 Å². The molecule has 20 heavy (non-hydrogen) atoms. The SMILES string of the molecule is Cc1cccc2c1[nH]c(=S)n2C(C)c1ccc(Br)cc1. The lowest BCUT2D eigenvalue weighted by molar-refractivity contribution is 0.649. The molecule has 4 heteroatoms. The molecule has 102 valence electrons. The highest BCUT2D eigenvalue weighted by molar-refractivity contribution is 9.10. The van der Waals surface area contributed by atoms with Crippen LogP contribution < -0.4 is 0 Å². The highest BCUT2D eigenvalue weighted by atomic mass is 79.9. The van der Waals surface area contributed by atoms with Gasteiger partial charge in [-0.05, 0) is 55.4 Å². The number of imidazole rings is 1. The predicted molar refractivity (Wildman–Crippen MR) is 89.8 cm³/mol. The van der Waals surface area contributed by atoms with Crippen molar-refractivity contribution in [3.8, 4) is 0 Å². The summed E-state index contributed by atoms with van der Waals surface area (Å²) in [6, 6.07) is 14.9. The average Bonchev–Trinajstić information content (AvgIpc) is 2.77. The van der Waals surface area contributed by atoms with Crippen LogP contribution in [0, 0.1) is 11.7 Å². The molecular weight excluding hydrogens is 332 g/mol. The molecule has 2 nitrogen and oxygen atoms in total. The zero-order valence-corrected chi connectivity index (χ0v) is 13.8. The van der Waals surface area contributed by atoms with Crippen LogP contribution in [-0.2, 0) is 0 Å². The second kappa shape index (κ2) is 5.19. The van der Waals surface area contributed by atoms with Crippen LogP contribution >= 0.6 is 28.1 Å². The summed E-state index contributed by atoms with van der Waals surface area (Å²) < 4.78 is 4.04. The fourth-order valence-corrected chi connectivity index (χ4v) is 3.19. The van der Waals surface area contributed by atoms with Gasteiger partial charge in [0.25, 0.3) is 0 Å². The Bertz CT molecular complexity index is 815. The molecule has 0 spiro atoms. The first-order valence-corrected chi connectivity index (χ1v) is 7.73. The molecule has 1 unspecified atom stereocenters. The minimum Gasteiger partial charge on any atom is -0.330 e. The summed E-state index contributed by atoms with van der Waals surface area (Å²) in [4.78, 5) is 3.33. The third kappa shape index (κ3) is 2.23. The van der Waals surface area contributed by atoms with Crippen LogP contribution in [0.4, 0.5) is 0 Å². The zero-order chi connectivity index (χ0) is 14.3. The molecule has 0 saturated heterocycles. The summed E-state index contributed by atoms with van der Waals surface area (Å²) in [5.41, 5.74) is 4.74. The number of H-pyrrole nitrogens is 1. The van der Waals surface area contributed by atoms with Gasteiger partial charge < -0.3 is 9.55 Å². The Morgan fingerprint density at radius 2 is 1.85 bits per heavy atom. The lowest BCUT2D eigenvalue weighted by Crippen LogP contribution is -2.06. The summed E-state index contributed by atoms with van der Waals surface area (Å²) in [5, 5.41) is 0. The number of benzene rings is 2. The molecule has 0 saturated carbocycles. The van der Waals surface area contributed by atoms with Crippen molar-refractivity contribution in [1.29, 1.82) is 0 Å². The molecule has 0 aliphatic rings. The van der Waals surface area contributed by atoms with Gasteiger partial charge in [-0.15, -0.1) is 0 Å². The summed E-state index contributed by atoms with van der Waals surface area (Å²) in [6.45, 7) is 4.27. The Morgan fingerprint density at radius 1 is 1.15 bits per heavy atom. The smallest absolute Gasteiger partial charge is 0.178 e. The fourth-order valence-electron chi connectivity index (χ4n) is 2.57. The van der Waals surface area contributed by atoms with E-state index in [1.54, 1.807) is 0 Å². The molecule has 0 aliphatic carbocycles. The Kier molecular flexibility index (Phi) is 3.52. The summed E-state index contributed by atoms with van der Waals surface area (Å²) in [7, 11) is 0. The van der Waals surface area contributed by atoms with Crippen LogP contribution in [0.1, 0.15) is 24.1 Å². The van der Waals surface area contributed by atoms with Gasteiger partial charge in [0, 0.05) is 4.47 Å². The number of halogens is 1. The van der Waals surface area contributed by atoms with Crippen molar-refractivity contribution in [3.63, 3.8) is 0 Å². The van der Waals surface area contributed by atoms with Gasteiger partial charge in [-0.2, -0.15) is 0 Å². The molecule has 0 bridgehead atoms. The molecule has 0 amide bonds. The molecule has 2 aromatic carbocycles. The van der Waals surface area contributed by atoms with Gasteiger partial charge in [0.1, 0.15) is 0 Å². The van der Waals surface area contributed by atoms with Gasteiger partial charge in [0.15, 0.2) is 4.77 Å². The monoisotopic (exact) mass is 346 g/mol. The molecule has 1 aromatic heterocycles. The van der Waals surface area contributed by atoms with Crippen molar-refractivity contribution >= 4 is 39.2 Å². The van der Waals surface area contributed by atoms with E-state index in [0.717, 1.165) is 20.3 Å². The number of aromatic nitrogens is 2. The van der Waals surface area contributed by atoms with Crippen LogP contribution in [0.5, 0.6) is 0 Å². The molecular formula is C16H15BrN2S. The maximum absolute atomic E-state index is 5.51. The number of nitrogens with one attached hydrogen (secondary N) is 1. The van der Waals surface area contributed by atoms with E-state index in [1.807, 2.05) is 0 Å². The van der Waals surface area contributed by atoms with Gasteiger partial charge in [-0.1, -0.05) is 40.2 Å². The Labute approximate surface area is 131 Å². The van der Waals surface area contributed by atoms with Gasteiger partial charge in [0.05, 0.1) is 17.1 Å². The molecule has 1 atom stereocenters. The van der Waals surface area contributed by atoms with Crippen LogP contribution in [-0.4, -0.2) is 9.55 Å². The number of para-hydroxylation sites is 1. The van der Waals surface area contributed by atoms with Gasteiger partial charge >= 0.3 is 0 Å². The second-order valence-electron chi connectivity index (χ2n) is 5.00. The normalized spacial score (nSPS) is 12.8. The molecule has 3 aromatic rings. The third-order valence-corrected chi connectivity index (χ3v) is 4.53. The number of rotatable bonds is 2. The van der Waals surface area contributed by atoms with Crippen LogP contribution in [0.2, 0.25) is 0 Å². The van der Waals surface area contributed by atoms with Gasteiger partial charge in [-0.3, -0.25) is 0 Å². The van der Waals surface area contributed by atoms with E-state index in [-0.39, 0.29) is 6.04 Å². The largest absolute Gasteiger partial charge is 0.330 e. The number of fused-ring (bicyclic) bond motifs is 1. The standard InChI is InChI=1S/C16H15BrN2S/c1-10-4-3-5-14-15(10)18-16(20)19(14)11(2)12-6-8-13(17)9-7-12/h3-9,11H,1-2H3,(H,18,20). The molecule has 1 heterocycles. The molecule has 0 fully saturated rings. The lowest BCUT2D eigenvalue weighted by Gasteiger charge is -2.15. The lowest BCUT2D eigenvalue weighted by atomic mass is 10.1. The topological polar surface area (TPSA) is 20.7 Å². The number of aromatic amines is 1. The number of hydrogen-bond donors (Lipinski definition) is 1. The first-order valence-electron chi connectivity index (χ1n) is 6.53. The molecule has 0 radical (unpaired) electrons. The third-order valence-electron chi connectivity index (χ3n) is 3.70. The van der Waals surface area contributed by atoms with Crippen LogP contribution in [0.25, 0.3) is 11.0 Å². The Balaban J connectivity index is 2.19. The summed E-state index contributed by atoms with van der Waals surface area (Å²) >= 11 is 8.99. The van der Waals surface area contributed by atoms with Crippen LogP contribution in [0.15, 0.2) is 46.9 Å². The van der Waals surface area contributed by atoms with Crippen molar-refractivity contribution in [2.75, 3.05) is 0 Å². The van der Waals surface area contributed by atoms with Crippen molar-refractivity contribution in [2.24, 2.45) is 0 Å². The Morgan fingerprint density at radius 3 is 2.55 bits per heavy atom. The fraction of sp³-hybridized carbons (Fsp3) is 0.188. The quantitative estimate of drug-likeness (QED) is 0.617. The minimum atomic E-state index is 0.200. The van der Waals surface area contributed by atoms with E-state index in [0.29, 0.717) is 0 Å².